The second kappa shape index (κ2) is 8.09. The van der Waals surface area contributed by atoms with E-state index in [1.807, 2.05) is 30.3 Å². The number of nitrogens with one attached hydrogen (secondary N) is 1. The van der Waals surface area contributed by atoms with E-state index in [0.717, 1.165) is 5.56 Å². The van der Waals surface area contributed by atoms with Crippen molar-refractivity contribution in [1.82, 2.24) is 15.5 Å². The van der Waals surface area contributed by atoms with Crippen LogP contribution in [0.1, 0.15) is 19.2 Å². The van der Waals surface area contributed by atoms with Crippen molar-refractivity contribution in [3.8, 4) is 11.4 Å². The van der Waals surface area contributed by atoms with E-state index in [1.165, 1.54) is 0 Å². The molecule has 6 heteroatoms. The lowest BCUT2D eigenvalue weighted by Crippen LogP contribution is -2.34. The molecule has 6 nitrogen and oxygen atoms in total. The molecule has 1 aromatic heterocycles. The summed E-state index contributed by atoms with van der Waals surface area (Å²) in [4.78, 5) is 16.1. The lowest BCUT2D eigenvalue weighted by atomic mass is 10.2. The van der Waals surface area contributed by atoms with Gasteiger partial charge in [0.05, 0.1) is 13.2 Å². The Morgan fingerprint density at radius 3 is 2.95 bits per heavy atom. The Hall–Kier alpha value is -2.47. The lowest BCUT2D eigenvalue weighted by Gasteiger charge is -2.11. The Morgan fingerprint density at radius 1 is 1.45 bits per heavy atom. The van der Waals surface area contributed by atoms with Gasteiger partial charge in [-0.3, -0.25) is 4.79 Å². The normalized spacial score (nSPS) is 11.9. The summed E-state index contributed by atoms with van der Waals surface area (Å²) in [6, 6.07) is 9.49. The van der Waals surface area contributed by atoms with Crippen molar-refractivity contribution in [2.24, 2.45) is 0 Å². The molecular formula is C16H19N3O3. The van der Waals surface area contributed by atoms with Gasteiger partial charge < -0.3 is 14.6 Å². The molecule has 1 unspecified atom stereocenters. The predicted octanol–water partition coefficient (Wildman–Crippen LogP) is 2.33. The fourth-order valence-corrected chi connectivity index (χ4v) is 1.74. The number of benzene rings is 1. The molecule has 0 aliphatic carbocycles. The molecule has 1 amide bonds. The van der Waals surface area contributed by atoms with Crippen LogP contribution in [0.5, 0.6) is 0 Å². The highest BCUT2D eigenvalue weighted by Gasteiger charge is 2.14. The summed E-state index contributed by atoms with van der Waals surface area (Å²) in [6.45, 7) is 5.94. The molecule has 1 N–H and O–H groups in total. The highest BCUT2D eigenvalue weighted by molar-refractivity contribution is 5.80. The molecule has 0 bridgehead atoms. The van der Waals surface area contributed by atoms with Crippen LogP contribution in [-0.2, 0) is 16.1 Å². The Bertz CT molecular complexity index is 610. The highest BCUT2D eigenvalue weighted by atomic mass is 16.5. The molecule has 0 aliphatic rings. The Morgan fingerprint density at radius 2 is 2.23 bits per heavy atom. The first-order chi connectivity index (χ1) is 10.7. The van der Waals surface area contributed by atoms with Crippen molar-refractivity contribution in [2.45, 2.75) is 26.0 Å². The SMILES string of the molecule is C=CCCOC(C)C(=O)NCc1nc(-c2ccccc2)no1. The van der Waals surface area contributed by atoms with E-state index >= 15 is 0 Å². The predicted molar refractivity (Wildman–Crippen MR) is 81.8 cm³/mol. The molecule has 0 aliphatic heterocycles. The van der Waals surface area contributed by atoms with Crippen LogP contribution < -0.4 is 5.32 Å². The van der Waals surface area contributed by atoms with Gasteiger partial charge in [0.1, 0.15) is 6.10 Å². The average Bonchev–Trinajstić information content (AvgIpc) is 3.02. The minimum atomic E-state index is -0.531. The molecule has 0 saturated heterocycles. The van der Waals surface area contributed by atoms with Crippen LogP contribution in [0, 0.1) is 0 Å². The number of hydrogen-bond acceptors (Lipinski definition) is 5. The Kier molecular flexibility index (Phi) is 5.85. The van der Waals surface area contributed by atoms with Gasteiger partial charge in [-0.2, -0.15) is 4.98 Å². The van der Waals surface area contributed by atoms with Gasteiger partial charge in [-0.15, -0.1) is 6.58 Å². The number of aromatic nitrogens is 2. The van der Waals surface area contributed by atoms with E-state index in [4.69, 9.17) is 9.26 Å². The molecule has 0 saturated carbocycles. The second-order valence-electron chi connectivity index (χ2n) is 4.69. The van der Waals surface area contributed by atoms with Gasteiger partial charge in [0.15, 0.2) is 0 Å². The lowest BCUT2D eigenvalue weighted by molar-refractivity contribution is -0.131. The van der Waals surface area contributed by atoms with Gasteiger partial charge in [0.25, 0.3) is 0 Å². The van der Waals surface area contributed by atoms with Crippen LogP contribution in [0.4, 0.5) is 0 Å². The van der Waals surface area contributed by atoms with E-state index in [-0.39, 0.29) is 12.5 Å². The smallest absolute Gasteiger partial charge is 0.249 e. The quantitative estimate of drug-likeness (QED) is 0.598. The molecular weight excluding hydrogens is 282 g/mol. The van der Waals surface area contributed by atoms with Crippen LogP contribution in [-0.4, -0.2) is 28.8 Å². The van der Waals surface area contributed by atoms with Crippen molar-refractivity contribution in [2.75, 3.05) is 6.61 Å². The zero-order chi connectivity index (χ0) is 15.8. The number of ether oxygens (including phenoxy) is 1. The van der Waals surface area contributed by atoms with E-state index < -0.39 is 6.10 Å². The third kappa shape index (κ3) is 4.53. The maximum absolute atomic E-state index is 11.8. The van der Waals surface area contributed by atoms with Gasteiger partial charge in [0.2, 0.25) is 17.6 Å². The van der Waals surface area contributed by atoms with Crippen LogP contribution >= 0.6 is 0 Å². The summed E-state index contributed by atoms with van der Waals surface area (Å²) in [5.41, 5.74) is 0.866. The summed E-state index contributed by atoms with van der Waals surface area (Å²) < 4.78 is 10.5. The van der Waals surface area contributed by atoms with Crippen molar-refractivity contribution in [1.29, 1.82) is 0 Å². The van der Waals surface area contributed by atoms with E-state index in [2.05, 4.69) is 22.0 Å². The first kappa shape index (κ1) is 15.9. The van der Waals surface area contributed by atoms with Crippen LogP contribution in [0.3, 0.4) is 0 Å². The van der Waals surface area contributed by atoms with Crippen LogP contribution in [0.2, 0.25) is 0 Å². The average molecular weight is 301 g/mol. The largest absolute Gasteiger partial charge is 0.368 e. The number of nitrogens with zero attached hydrogens (tertiary/aromatic N) is 2. The topological polar surface area (TPSA) is 77.2 Å². The van der Waals surface area contributed by atoms with E-state index in [9.17, 15) is 4.79 Å². The third-order valence-electron chi connectivity index (χ3n) is 2.97. The minimum absolute atomic E-state index is 0.174. The Balaban J connectivity index is 1.83. The molecule has 1 atom stereocenters. The standard InChI is InChI=1S/C16H19N3O3/c1-3-4-10-21-12(2)16(20)17-11-14-18-15(19-22-14)13-8-6-5-7-9-13/h3,5-9,12H,1,4,10-11H2,2H3,(H,17,20). The van der Waals surface area contributed by atoms with Crippen LogP contribution in [0.25, 0.3) is 11.4 Å². The second-order valence-corrected chi connectivity index (χ2v) is 4.69. The molecule has 1 aromatic carbocycles. The summed E-state index contributed by atoms with van der Waals surface area (Å²) in [7, 11) is 0. The van der Waals surface area contributed by atoms with Gasteiger partial charge >= 0.3 is 0 Å². The van der Waals surface area contributed by atoms with Gasteiger partial charge in [-0.05, 0) is 13.3 Å². The Labute approximate surface area is 129 Å². The number of rotatable bonds is 8. The van der Waals surface area contributed by atoms with Crippen molar-refractivity contribution >= 4 is 5.91 Å². The third-order valence-corrected chi connectivity index (χ3v) is 2.97. The van der Waals surface area contributed by atoms with Crippen LogP contribution in [0.15, 0.2) is 47.5 Å². The van der Waals surface area contributed by atoms with Gasteiger partial charge in [0, 0.05) is 5.56 Å². The monoisotopic (exact) mass is 301 g/mol. The molecule has 116 valence electrons. The fourth-order valence-electron chi connectivity index (χ4n) is 1.74. The zero-order valence-corrected chi connectivity index (χ0v) is 12.5. The zero-order valence-electron chi connectivity index (χ0n) is 12.5. The van der Waals surface area contributed by atoms with Gasteiger partial charge in [-0.1, -0.05) is 41.6 Å². The molecule has 2 aromatic rings. The highest BCUT2D eigenvalue weighted by Crippen LogP contribution is 2.14. The maximum Gasteiger partial charge on any atom is 0.249 e. The number of hydrogen-bond donors (Lipinski definition) is 1. The number of carbonyl (C=O) groups excluding carboxylic acids is 1. The van der Waals surface area contributed by atoms with E-state index in [0.29, 0.717) is 24.7 Å². The minimum Gasteiger partial charge on any atom is -0.368 e. The van der Waals surface area contributed by atoms with Gasteiger partial charge in [-0.25, -0.2) is 0 Å². The molecule has 0 spiro atoms. The summed E-state index contributed by atoms with van der Waals surface area (Å²) in [5, 5.41) is 6.59. The van der Waals surface area contributed by atoms with Crippen molar-refractivity contribution < 1.29 is 14.1 Å². The summed E-state index contributed by atoms with van der Waals surface area (Å²) >= 11 is 0. The summed E-state index contributed by atoms with van der Waals surface area (Å²) in [6.07, 6.45) is 1.92. The fraction of sp³-hybridized carbons (Fsp3) is 0.312. The first-order valence-corrected chi connectivity index (χ1v) is 7.09. The molecule has 0 radical (unpaired) electrons. The first-order valence-electron chi connectivity index (χ1n) is 7.09. The molecule has 1 heterocycles. The maximum atomic E-state index is 11.8. The molecule has 2 rings (SSSR count). The molecule has 0 fully saturated rings. The van der Waals surface area contributed by atoms with Crippen molar-refractivity contribution in [3.63, 3.8) is 0 Å². The van der Waals surface area contributed by atoms with Crippen molar-refractivity contribution in [3.05, 3.63) is 48.9 Å². The molecule has 22 heavy (non-hydrogen) atoms. The van der Waals surface area contributed by atoms with E-state index in [1.54, 1.807) is 13.0 Å². The number of amides is 1. The summed E-state index contributed by atoms with van der Waals surface area (Å²) in [5.74, 6) is 0.633. The number of carbonyl (C=O) groups is 1.